The number of nitrogens with two attached hydrogens (primary N) is 1. The Morgan fingerprint density at radius 3 is 2.81 bits per heavy atom. The maximum Gasteiger partial charge on any atom is 0.430 e. The van der Waals surface area contributed by atoms with Gasteiger partial charge in [0, 0.05) is 6.54 Å². The van der Waals surface area contributed by atoms with Gasteiger partial charge >= 0.3 is 6.33 Å². The van der Waals surface area contributed by atoms with Crippen LogP contribution >= 0.6 is 0 Å². The molecular formula is C10H12N4O2. The summed E-state index contributed by atoms with van der Waals surface area (Å²) in [7, 11) is 0. The Labute approximate surface area is 92.1 Å². The molecular weight excluding hydrogens is 208 g/mol. The first-order chi connectivity index (χ1) is 7.63. The largest absolute Gasteiger partial charge is 0.614 e. The van der Waals surface area contributed by atoms with E-state index >= 15 is 0 Å². The molecule has 2 aromatic rings. The third-order valence-electron chi connectivity index (χ3n) is 2.31. The number of aromatic nitrogens is 2. The first-order valence-corrected chi connectivity index (χ1v) is 4.91. The van der Waals surface area contributed by atoms with E-state index in [1.165, 1.54) is 6.20 Å². The van der Waals surface area contributed by atoms with E-state index in [1.807, 2.05) is 6.92 Å². The lowest BCUT2D eigenvalue weighted by molar-refractivity contribution is -0.730. The van der Waals surface area contributed by atoms with Gasteiger partial charge in [0.1, 0.15) is 11.1 Å². The minimum absolute atomic E-state index is 0.311. The quantitative estimate of drug-likeness (QED) is 0.427. The van der Waals surface area contributed by atoms with Crippen molar-refractivity contribution in [2.45, 2.75) is 6.92 Å². The molecule has 0 unspecified atom stereocenters. The molecule has 6 nitrogen and oxygen atoms in total. The SMILES string of the molecule is CCNc1ccc(N)c2c1c[n+]([O-])c[n+]2[O-]. The minimum Gasteiger partial charge on any atom is -0.614 e. The zero-order valence-corrected chi connectivity index (χ0v) is 8.80. The number of fused-ring (bicyclic) bond motifs is 1. The Morgan fingerprint density at radius 2 is 2.12 bits per heavy atom. The molecule has 16 heavy (non-hydrogen) atoms. The standard InChI is InChI=1S/C10H12N4O2/c1-2-12-9-4-3-8(11)10-7(9)5-13(15)6-14(10)16/h3-6,12H,2,11H2,1H3. The Morgan fingerprint density at radius 1 is 1.38 bits per heavy atom. The van der Waals surface area contributed by atoms with Crippen molar-refractivity contribution in [3.05, 3.63) is 35.1 Å². The maximum atomic E-state index is 11.6. The highest BCUT2D eigenvalue weighted by atomic mass is 16.5. The van der Waals surface area contributed by atoms with E-state index in [0.717, 1.165) is 12.0 Å². The van der Waals surface area contributed by atoms with Crippen molar-refractivity contribution in [2.24, 2.45) is 0 Å². The van der Waals surface area contributed by atoms with E-state index in [-0.39, 0.29) is 0 Å². The summed E-state index contributed by atoms with van der Waals surface area (Å²) in [6.07, 6.45) is 2.23. The molecule has 0 spiro atoms. The maximum absolute atomic E-state index is 11.6. The lowest BCUT2D eigenvalue weighted by atomic mass is 10.2. The molecule has 3 N–H and O–H groups in total. The molecule has 0 saturated heterocycles. The van der Waals surface area contributed by atoms with Crippen molar-refractivity contribution in [2.75, 3.05) is 17.6 Å². The van der Waals surface area contributed by atoms with Crippen molar-refractivity contribution in [1.29, 1.82) is 0 Å². The number of hydrogen-bond acceptors (Lipinski definition) is 4. The van der Waals surface area contributed by atoms with Crippen LogP contribution < -0.4 is 20.5 Å². The van der Waals surface area contributed by atoms with Gasteiger partial charge in [-0.3, -0.25) is 0 Å². The average molecular weight is 220 g/mol. The molecule has 1 aromatic heterocycles. The van der Waals surface area contributed by atoms with Crippen molar-refractivity contribution in [3.63, 3.8) is 0 Å². The van der Waals surface area contributed by atoms with Crippen LogP contribution in [0.3, 0.4) is 0 Å². The van der Waals surface area contributed by atoms with Crippen LogP contribution in [0.25, 0.3) is 10.9 Å². The van der Waals surface area contributed by atoms with E-state index < -0.39 is 0 Å². The normalized spacial score (nSPS) is 10.6. The van der Waals surface area contributed by atoms with Gasteiger partial charge in [-0.25, -0.2) is 0 Å². The zero-order valence-electron chi connectivity index (χ0n) is 8.80. The molecule has 6 heteroatoms. The van der Waals surface area contributed by atoms with Crippen molar-refractivity contribution >= 4 is 22.3 Å². The van der Waals surface area contributed by atoms with E-state index in [2.05, 4.69) is 5.32 Å². The van der Waals surface area contributed by atoms with E-state index in [9.17, 15) is 10.4 Å². The van der Waals surface area contributed by atoms with Gasteiger partial charge < -0.3 is 21.5 Å². The summed E-state index contributed by atoms with van der Waals surface area (Å²) in [6.45, 7) is 2.63. The fourth-order valence-corrected chi connectivity index (χ4v) is 1.67. The van der Waals surface area contributed by atoms with Crippen molar-refractivity contribution in [3.8, 4) is 0 Å². The summed E-state index contributed by atoms with van der Waals surface area (Å²) in [4.78, 5) is 0. The minimum atomic E-state index is 0.311. The summed E-state index contributed by atoms with van der Waals surface area (Å²) in [5, 5.41) is 26.4. The molecule has 84 valence electrons. The van der Waals surface area contributed by atoms with Crippen LogP contribution in [0.5, 0.6) is 0 Å². The fourth-order valence-electron chi connectivity index (χ4n) is 1.67. The highest BCUT2D eigenvalue weighted by molar-refractivity contribution is 5.95. The molecule has 2 rings (SSSR count). The summed E-state index contributed by atoms with van der Waals surface area (Å²) < 4.78 is 0.952. The topological polar surface area (TPSA) is 91.9 Å². The predicted molar refractivity (Wildman–Crippen MR) is 60.4 cm³/mol. The number of benzene rings is 1. The third kappa shape index (κ3) is 1.54. The molecule has 0 aliphatic carbocycles. The smallest absolute Gasteiger partial charge is 0.430 e. The van der Waals surface area contributed by atoms with Gasteiger partial charge in [-0.1, -0.05) is 0 Å². The molecule has 0 bridgehead atoms. The summed E-state index contributed by atoms with van der Waals surface area (Å²) >= 11 is 0. The molecule has 0 amide bonds. The van der Waals surface area contributed by atoms with E-state index in [0.29, 0.717) is 32.6 Å². The van der Waals surface area contributed by atoms with Gasteiger partial charge in [0.2, 0.25) is 6.20 Å². The van der Waals surface area contributed by atoms with Crippen LogP contribution in [0, 0.1) is 10.4 Å². The first-order valence-electron chi connectivity index (χ1n) is 4.91. The Bertz CT molecular complexity index is 542. The molecule has 0 aliphatic heterocycles. The highest BCUT2D eigenvalue weighted by Crippen LogP contribution is 2.24. The Balaban J connectivity index is 2.81. The average Bonchev–Trinajstić information content (AvgIpc) is 2.21. The number of hydrogen-bond donors (Lipinski definition) is 2. The van der Waals surface area contributed by atoms with Crippen LogP contribution in [0.4, 0.5) is 11.4 Å². The second kappa shape index (κ2) is 3.73. The van der Waals surface area contributed by atoms with Crippen LogP contribution in [-0.2, 0) is 0 Å². The molecule has 0 aliphatic rings. The van der Waals surface area contributed by atoms with Crippen molar-refractivity contribution < 1.29 is 9.46 Å². The predicted octanol–water partition coefficient (Wildman–Crippen LogP) is 0.121. The van der Waals surface area contributed by atoms with Crippen LogP contribution in [0.15, 0.2) is 24.7 Å². The van der Waals surface area contributed by atoms with Crippen LogP contribution in [-0.4, -0.2) is 6.54 Å². The molecule has 1 aromatic carbocycles. The number of nitrogens with zero attached hydrogens (tertiary/aromatic N) is 2. The molecule has 0 atom stereocenters. The van der Waals surface area contributed by atoms with E-state index in [4.69, 9.17) is 5.73 Å². The number of rotatable bonds is 2. The first kappa shape index (κ1) is 10.3. The zero-order chi connectivity index (χ0) is 11.7. The molecule has 0 saturated carbocycles. The summed E-state index contributed by atoms with van der Waals surface area (Å²) in [5.41, 5.74) is 7.10. The second-order valence-electron chi connectivity index (χ2n) is 3.43. The molecule has 0 radical (unpaired) electrons. The van der Waals surface area contributed by atoms with Gasteiger partial charge in [0.05, 0.1) is 5.69 Å². The monoisotopic (exact) mass is 220 g/mol. The van der Waals surface area contributed by atoms with Gasteiger partial charge in [-0.15, -0.1) is 9.46 Å². The van der Waals surface area contributed by atoms with Gasteiger partial charge in [0.25, 0.3) is 5.52 Å². The van der Waals surface area contributed by atoms with Crippen LogP contribution in [0.1, 0.15) is 6.92 Å². The summed E-state index contributed by atoms with van der Waals surface area (Å²) in [6, 6.07) is 3.39. The highest BCUT2D eigenvalue weighted by Gasteiger charge is 2.16. The van der Waals surface area contributed by atoms with Gasteiger partial charge in [-0.2, -0.15) is 0 Å². The lowest BCUT2D eigenvalue weighted by Gasteiger charge is -2.08. The van der Waals surface area contributed by atoms with Crippen molar-refractivity contribution in [1.82, 2.24) is 0 Å². The Kier molecular flexibility index (Phi) is 2.40. The van der Waals surface area contributed by atoms with Crippen LogP contribution in [0.2, 0.25) is 0 Å². The third-order valence-corrected chi connectivity index (χ3v) is 2.31. The number of nitrogens with one attached hydrogen (secondary N) is 1. The van der Waals surface area contributed by atoms with Gasteiger partial charge in [0.15, 0.2) is 0 Å². The second-order valence-corrected chi connectivity index (χ2v) is 3.43. The number of anilines is 2. The van der Waals surface area contributed by atoms with Gasteiger partial charge in [-0.05, 0) is 19.1 Å². The van der Waals surface area contributed by atoms with E-state index in [1.54, 1.807) is 12.1 Å². The summed E-state index contributed by atoms with van der Waals surface area (Å²) in [5.74, 6) is 0. The molecule has 1 heterocycles. The Hall–Kier alpha value is -2.24. The number of nitrogen functional groups attached to an aromatic ring is 1. The molecule has 0 fully saturated rings. The lowest BCUT2D eigenvalue weighted by Crippen LogP contribution is -2.41. The fraction of sp³-hybridized carbons (Fsp3) is 0.200.